The highest BCUT2D eigenvalue weighted by Crippen LogP contribution is 2.26. The van der Waals surface area contributed by atoms with Crippen molar-refractivity contribution in [3.05, 3.63) is 0 Å². The number of fused-ring (bicyclic) bond motifs is 1. The van der Waals surface area contributed by atoms with Crippen LogP contribution in [-0.2, 0) is 4.74 Å². The highest BCUT2D eigenvalue weighted by molar-refractivity contribution is 5.68. The third kappa shape index (κ3) is 3.16. The molecule has 18 heavy (non-hydrogen) atoms. The Bertz CT molecular complexity index is 311. The van der Waals surface area contributed by atoms with Crippen LogP contribution >= 0.6 is 0 Å². The van der Waals surface area contributed by atoms with Gasteiger partial charge in [0.2, 0.25) is 0 Å². The van der Waals surface area contributed by atoms with Crippen molar-refractivity contribution in [1.82, 2.24) is 9.80 Å². The number of ether oxygens (including phenoxy) is 1. The van der Waals surface area contributed by atoms with Gasteiger partial charge in [-0.2, -0.15) is 0 Å². The molecule has 0 saturated carbocycles. The topological polar surface area (TPSA) is 32.8 Å². The standard InChI is InChI=1S/C14H26N2O2/c1-11-10-15-9-7-12(15)6-5-8-16(11)13(17)18-14(2,3)4/h11-12H,5-10H2,1-4H3/t11?,12-/m1/s1. The zero-order chi connectivity index (χ0) is 13.3. The van der Waals surface area contributed by atoms with Crippen molar-refractivity contribution in [2.75, 3.05) is 19.6 Å². The molecule has 1 unspecified atom stereocenters. The van der Waals surface area contributed by atoms with Crippen molar-refractivity contribution in [3.63, 3.8) is 0 Å². The van der Waals surface area contributed by atoms with Gasteiger partial charge in [-0.05, 0) is 53.5 Å². The van der Waals surface area contributed by atoms with Crippen molar-refractivity contribution < 1.29 is 9.53 Å². The second-order valence-corrected chi connectivity index (χ2v) is 6.60. The number of rotatable bonds is 0. The van der Waals surface area contributed by atoms with Gasteiger partial charge in [-0.3, -0.25) is 4.90 Å². The summed E-state index contributed by atoms with van der Waals surface area (Å²) >= 11 is 0. The van der Waals surface area contributed by atoms with E-state index in [1.54, 1.807) is 0 Å². The van der Waals surface area contributed by atoms with Crippen LogP contribution in [0.2, 0.25) is 0 Å². The van der Waals surface area contributed by atoms with Crippen molar-refractivity contribution in [3.8, 4) is 0 Å². The molecule has 0 aliphatic carbocycles. The average Bonchev–Trinajstić information content (AvgIpc) is 2.20. The van der Waals surface area contributed by atoms with E-state index in [-0.39, 0.29) is 12.1 Å². The van der Waals surface area contributed by atoms with Gasteiger partial charge >= 0.3 is 6.09 Å². The highest BCUT2D eigenvalue weighted by Gasteiger charge is 2.34. The lowest BCUT2D eigenvalue weighted by atomic mass is 9.95. The van der Waals surface area contributed by atoms with Gasteiger partial charge in [0, 0.05) is 25.2 Å². The summed E-state index contributed by atoms with van der Waals surface area (Å²) in [6, 6.07) is 1.02. The molecule has 2 rings (SSSR count). The second kappa shape index (κ2) is 5.08. The van der Waals surface area contributed by atoms with E-state index < -0.39 is 5.60 Å². The summed E-state index contributed by atoms with van der Waals surface area (Å²) in [5, 5.41) is 0. The summed E-state index contributed by atoms with van der Waals surface area (Å²) in [5.74, 6) is 0. The molecule has 0 radical (unpaired) electrons. The molecule has 1 amide bonds. The monoisotopic (exact) mass is 254 g/mol. The maximum atomic E-state index is 12.2. The van der Waals surface area contributed by atoms with Crippen molar-refractivity contribution in [2.45, 2.75) is 64.6 Å². The van der Waals surface area contributed by atoms with Crippen LogP contribution in [0.25, 0.3) is 0 Å². The Morgan fingerprint density at radius 2 is 1.94 bits per heavy atom. The minimum absolute atomic E-state index is 0.158. The van der Waals surface area contributed by atoms with E-state index in [9.17, 15) is 4.79 Å². The third-order valence-corrected chi connectivity index (χ3v) is 3.86. The van der Waals surface area contributed by atoms with Gasteiger partial charge in [-0.25, -0.2) is 4.79 Å². The zero-order valence-corrected chi connectivity index (χ0v) is 12.1. The van der Waals surface area contributed by atoms with Gasteiger partial charge in [0.05, 0.1) is 0 Å². The van der Waals surface area contributed by atoms with Crippen LogP contribution in [0.3, 0.4) is 0 Å². The molecule has 0 aromatic carbocycles. The van der Waals surface area contributed by atoms with Crippen molar-refractivity contribution in [2.24, 2.45) is 0 Å². The van der Waals surface area contributed by atoms with Gasteiger partial charge in [-0.1, -0.05) is 0 Å². The fourth-order valence-electron chi connectivity index (χ4n) is 2.81. The first kappa shape index (κ1) is 13.7. The van der Waals surface area contributed by atoms with Gasteiger partial charge < -0.3 is 9.64 Å². The Hall–Kier alpha value is -0.770. The van der Waals surface area contributed by atoms with Crippen LogP contribution in [0.5, 0.6) is 0 Å². The van der Waals surface area contributed by atoms with E-state index in [2.05, 4.69) is 11.8 Å². The molecule has 104 valence electrons. The Labute approximate surface area is 110 Å². The normalized spacial score (nSPS) is 29.9. The number of nitrogens with zero attached hydrogens (tertiary/aromatic N) is 2. The summed E-state index contributed by atoms with van der Waals surface area (Å²) in [7, 11) is 0. The van der Waals surface area contributed by atoms with Crippen molar-refractivity contribution >= 4 is 6.09 Å². The van der Waals surface area contributed by atoms with E-state index in [0.29, 0.717) is 0 Å². The van der Waals surface area contributed by atoms with Crippen LogP contribution in [0.1, 0.15) is 47.0 Å². The molecule has 2 heterocycles. The summed E-state index contributed by atoms with van der Waals surface area (Å²) in [6.07, 6.45) is 3.48. The van der Waals surface area contributed by atoms with Gasteiger partial charge in [0.25, 0.3) is 0 Å². The second-order valence-electron chi connectivity index (χ2n) is 6.60. The molecular weight excluding hydrogens is 228 g/mol. The zero-order valence-electron chi connectivity index (χ0n) is 12.1. The molecule has 0 N–H and O–H groups in total. The minimum atomic E-state index is -0.404. The van der Waals surface area contributed by atoms with Crippen LogP contribution < -0.4 is 0 Å². The maximum absolute atomic E-state index is 12.2. The smallest absolute Gasteiger partial charge is 0.410 e. The van der Waals surface area contributed by atoms with Crippen molar-refractivity contribution in [1.29, 1.82) is 0 Å². The van der Waals surface area contributed by atoms with E-state index in [0.717, 1.165) is 25.6 Å². The summed E-state index contributed by atoms with van der Waals surface area (Å²) in [6.45, 7) is 10.9. The summed E-state index contributed by atoms with van der Waals surface area (Å²) in [4.78, 5) is 16.6. The maximum Gasteiger partial charge on any atom is 0.410 e. The van der Waals surface area contributed by atoms with Crippen LogP contribution in [0, 0.1) is 0 Å². The summed E-state index contributed by atoms with van der Waals surface area (Å²) in [5.41, 5.74) is -0.404. The highest BCUT2D eigenvalue weighted by atomic mass is 16.6. The molecule has 2 aliphatic heterocycles. The first-order chi connectivity index (χ1) is 8.37. The fourth-order valence-corrected chi connectivity index (χ4v) is 2.81. The van der Waals surface area contributed by atoms with Gasteiger partial charge in [-0.15, -0.1) is 0 Å². The molecule has 2 atom stereocenters. The van der Waals surface area contributed by atoms with E-state index in [1.165, 1.54) is 19.4 Å². The Balaban J connectivity index is 1.95. The molecule has 2 fully saturated rings. The molecule has 0 bridgehead atoms. The predicted molar refractivity (Wildman–Crippen MR) is 71.6 cm³/mol. The minimum Gasteiger partial charge on any atom is -0.444 e. The quantitative estimate of drug-likeness (QED) is 0.666. The van der Waals surface area contributed by atoms with Crippen LogP contribution in [-0.4, -0.2) is 53.2 Å². The predicted octanol–water partition coefficient (Wildman–Crippen LogP) is 2.48. The Morgan fingerprint density at radius 3 is 2.50 bits per heavy atom. The van der Waals surface area contributed by atoms with E-state index in [1.807, 2.05) is 25.7 Å². The summed E-state index contributed by atoms with van der Waals surface area (Å²) < 4.78 is 5.49. The average molecular weight is 254 g/mol. The van der Waals surface area contributed by atoms with Crippen LogP contribution in [0.4, 0.5) is 4.79 Å². The van der Waals surface area contributed by atoms with Gasteiger partial charge in [0.1, 0.15) is 5.60 Å². The molecule has 4 nitrogen and oxygen atoms in total. The van der Waals surface area contributed by atoms with Crippen LogP contribution in [0.15, 0.2) is 0 Å². The lowest BCUT2D eigenvalue weighted by Gasteiger charge is -2.46. The first-order valence-corrected chi connectivity index (χ1v) is 7.10. The molecule has 2 saturated heterocycles. The molecular formula is C14H26N2O2. The lowest BCUT2D eigenvalue weighted by molar-refractivity contribution is -0.00688. The van der Waals surface area contributed by atoms with E-state index >= 15 is 0 Å². The third-order valence-electron chi connectivity index (χ3n) is 3.86. The SMILES string of the molecule is CC1CN2CC[C@H]2CCCN1C(=O)OC(C)(C)C. The van der Waals surface area contributed by atoms with Gasteiger partial charge in [0.15, 0.2) is 0 Å². The number of carbonyl (C=O) groups is 1. The molecule has 0 aromatic rings. The van der Waals surface area contributed by atoms with E-state index in [4.69, 9.17) is 4.74 Å². The molecule has 4 heteroatoms. The first-order valence-electron chi connectivity index (χ1n) is 7.10. The number of carbonyl (C=O) groups excluding carboxylic acids is 1. The number of hydrogen-bond donors (Lipinski definition) is 0. The number of hydrogen-bond acceptors (Lipinski definition) is 3. The Kier molecular flexibility index (Phi) is 3.85. The fraction of sp³-hybridized carbons (Fsp3) is 0.929. The Morgan fingerprint density at radius 1 is 1.22 bits per heavy atom. The largest absolute Gasteiger partial charge is 0.444 e. The molecule has 0 spiro atoms. The molecule has 0 aromatic heterocycles. The lowest BCUT2D eigenvalue weighted by Crippen LogP contribution is -2.56. The number of amides is 1. The molecule has 2 aliphatic rings.